The Balaban J connectivity index is 1.20. The molecule has 10 rings (SSSR count). The lowest BCUT2D eigenvalue weighted by molar-refractivity contribution is 0.484. The number of para-hydroxylation sites is 4. The van der Waals surface area contributed by atoms with Gasteiger partial charge in [-0.05, 0) is 95.7 Å². The van der Waals surface area contributed by atoms with Crippen LogP contribution in [0.15, 0.2) is 122 Å². The van der Waals surface area contributed by atoms with Crippen molar-refractivity contribution in [2.75, 3.05) is 0 Å². The van der Waals surface area contributed by atoms with Gasteiger partial charge in [-0.3, -0.25) is 8.80 Å². The maximum absolute atomic E-state index is 6.56. The van der Waals surface area contributed by atoms with E-state index in [1.165, 1.54) is 0 Å². The third-order valence-electron chi connectivity index (χ3n) is 8.40. The van der Waals surface area contributed by atoms with Crippen molar-refractivity contribution in [2.24, 2.45) is 0 Å². The van der Waals surface area contributed by atoms with Gasteiger partial charge in [-0.1, -0.05) is 24.3 Å². The number of benzene rings is 4. The zero-order valence-electron chi connectivity index (χ0n) is 22.6. The first-order valence-electron chi connectivity index (χ1n) is 14.1. The van der Waals surface area contributed by atoms with Crippen LogP contribution in [0.2, 0.25) is 0 Å². The minimum absolute atomic E-state index is 0.732. The standard InChI is InChI=1S/C36H20N6O/c1-3-11-31-29(9-1)39-35-27-19-21(13-15-23(27)25-7-5-17-37-33(25)41(31)35)43-22-14-16-24-26-8-6-18-38-34(26)42-32-12-4-2-10-30(32)40-36(42)28(24)20-22/h1-20H. The fourth-order valence-corrected chi connectivity index (χ4v) is 6.56. The SMILES string of the molecule is c1ccc2c(c1)nc1c3cc(Oc4ccc5c6cccnc6n6c7ccccc7nc6c5c4)ccc3c3cccnc3n21. The van der Waals surface area contributed by atoms with Crippen LogP contribution in [0.4, 0.5) is 0 Å². The molecule has 6 aromatic heterocycles. The highest BCUT2D eigenvalue weighted by molar-refractivity contribution is 6.14. The van der Waals surface area contributed by atoms with Crippen LogP contribution in [-0.4, -0.2) is 28.7 Å². The number of fused-ring (bicyclic) bond motifs is 16. The summed E-state index contributed by atoms with van der Waals surface area (Å²) in [6.45, 7) is 0. The van der Waals surface area contributed by atoms with Crippen LogP contribution in [-0.2, 0) is 0 Å². The third-order valence-corrected chi connectivity index (χ3v) is 8.40. The molecule has 0 saturated heterocycles. The molecule has 0 spiro atoms. The fourth-order valence-electron chi connectivity index (χ4n) is 6.56. The van der Waals surface area contributed by atoms with Gasteiger partial charge in [-0.25, -0.2) is 19.9 Å². The first-order chi connectivity index (χ1) is 21.3. The van der Waals surface area contributed by atoms with Gasteiger partial charge in [0.15, 0.2) is 0 Å². The molecule has 0 N–H and O–H groups in total. The summed E-state index contributed by atoms with van der Waals surface area (Å²) < 4.78 is 10.8. The maximum Gasteiger partial charge on any atom is 0.147 e. The van der Waals surface area contributed by atoms with Crippen molar-refractivity contribution >= 4 is 77.0 Å². The summed E-state index contributed by atoms with van der Waals surface area (Å²) in [7, 11) is 0. The number of hydrogen-bond acceptors (Lipinski definition) is 5. The molecular weight excluding hydrogens is 532 g/mol. The van der Waals surface area contributed by atoms with Crippen molar-refractivity contribution in [3.05, 3.63) is 122 Å². The second-order valence-electron chi connectivity index (χ2n) is 10.8. The number of rotatable bonds is 2. The smallest absolute Gasteiger partial charge is 0.147 e. The van der Waals surface area contributed by atoms with E-state index in [1.54, 1.807) is 0 Å². The maximum atomic E-state index is 6.56. The van der Waals surface area contributed by atoms with Crippen LogP contribution in [0, 0.1) is 0 Å². The molecule has 0 bridgehead atoms. The molecule has 0 unspecified atom stereocenters. The predicted molar refractivity (Wildman–Crippen MR) is 171 cm³/mol. The van der Waals surface area contributed by atoms with E-state index in [9.17, 15) is 0 Å². The molecule has 4 aromatic carbocycles. The van der Waals surface area contributed by atoms with Crippen LogP contribution < -0.4 is 4.74 Å². The number of hydrogen-bond donors (Lipinski definition) is 0. The van der Waals surface area contributed by atoms with E-state index in [0.717, 1.165) is 88.5 Å². The van der Waals surface area contributed by atoms with E-state index in [-0.39, 0.29) is 0 Å². The van der Waals surface area contributed by atoms with Crippen LogP contribution >= 0.6 is 0 Å². The molecule has 0 amide bonds. The van der Waals surface area contributed by atoms with E-state index in [2.05, 4.69) is 57.3 Å². The molecular formula is C36H20N6O. The Morgan fingerprint density at radius 3 is 1.42 bits per heavy atom. The molecule has 0 saturated carbocycles. The molecule has 7 nitrogen and oxygen atoms in total. The lowest BCUT2D eigenvalue weighted by Gasteiger charge is -2.12. The van der Waals surface area contributed by atoms with Gasteiger partial charge in [0.05, 0.1) is 22.1 Å². The molecule has 0 aliphatic heterocycles. The highest BCUT2D eigenvalue weighted by Crippen LogP contribution is 2.37. The second-order valence-corrected chi connectivity index (χ2v) is 10.8. The summed E-state index contributed by atoms with van der Waals surface area (Å²) in [5.41, 5.74) is 7.41. The molecule has 0 atom stereocenters. The van der Waals surface area contributed by atoms with E-state index in [4.69, 9.17) is 24.7 Å². The molecule has 43 heavy (non-hydrogen) atoms. The molecule has 0 aliphatic carbocycles. The summed E-state index contributed by atoms with van der Waals surface area (Å²) in [6, 6.07) is 36.9. The Morgan fingerprint density at radius 2 is 0.907 bits per heavy atom. The van der Waals surface area contributed by atoms with Crippen LogP contribution in [0.5, 0.6) is 11.5 Å². The number of pyridine rings is 4. The van der Waals surface area contributed by atoms with Gasteiger partial charge in [0, 0.05) is 33.9 Å². The summed E-state index contributed by atoms with van der Waals surface area (Å²) >= 11 is 0. The lowest BCUT2D eigenvalue weighted by Crippen LogP contribution is -1.95. The van der Waals surface area contributed by atoms with Crippen molar-refractivity contribution in [1.82, 2.24) is 28.7 Å². The highest BCUT2D eigenvalue weighted by Gasteiger charge is 2.17. The third kappa shape index (κ3) is 3.08. The fraction of sp³-hybridized carbons (Fsp3) is 0. The average Bonchev–Trinajstić information content (AvgIpc) is 3.65. The van der Waals surface area contributed by atoms with Gasteiger partial charge in [0.25, 0.3) is 0 Å². The van der Waals surface area contributed by atoms with Gasteiger partial charge >= 0.3 is 0 Å². The largest absolute Gasteiger partial charge is 0.457 e. The van der Waals surface area contributed by atoms with Gasteiger partial charge < -0.3 is 4.74 Å². The second kappa shape index (κ2) is 8.24. The zero-order valence-corrected chi connectivity index (χ0v) is 22.6. The Bertz CT molecular complexity index is 2590. The first-order valence-corrected chi connectivity index (χ1v) is 14.1. The predicted octanol–water partition coefficient (Wildman–Crippen LogP) is 8.48. The molecule has 200 valence electrons. The van der Waals surface area contributed by atoms with Crippen molar-refractivity contribution in [3.8, 4) is 11.5 Å². The molecule has 0 radical (unpaired) electrons. The number of ether oxygens (including phenoxy) is 1. The zero-order chi connectivity index (χ0) is 28.1. The van der Waals surface area contributed by atoms with Crippen LogP contribution in [0.1, 0.15) is 0 Å². The van der Waals surface area contributed by atoms with Crippen LogP contribution in [0.3, 0.4) is 0 Å². The van der Waals surface area contributed by atoms with E-state index < -0.39 is 0 Å². The minimum Gasteiger partial charge on any atom is -0.457 e. The summed E-state index contributed by atoms with van der Waals surface area (Å²) in [6.07, 6.45) is 3.66. The first kappa shape index (κ1) is 22.6. The van der Waals surface area contributed by atoms with Crippen molar-refractivity contribution < 1.29 is 4.74 Å². The van der Waals surface area contributed by atoms with Crippen molar-refractivity contribution in [2.45, 2.75) is 0 Å². The van der Waals surface area contributed by atoms with Gasteiger partial charge in [-0.15, -0.1) is 0 Å². The number of nitrogens with zero attached hydrogens (tertiary/aromatic N) is 6. The normalized spacial score (nSPS) is 12.2. The molecule has 7 heteroatoms. The Hall–Kier alpha value is -6.08. The summed E-state index contributed by atoms with van der Waals surface area (Å²) in [5.74, 6) is 1.46. The molecule has 10 aromatic rings. The van der Waals surface area contributed by atoms with Gasteiger partial charge in [0.2, 0.25) is 0 Å². The number of aromatic nitrogens is 6. The van der Waals surface area contributed by atoms with E-state index >= 15 is 0 Å². The minimum atomic E-state index is 0.732. The molecule has 0 fully saturated rings. The highest BCUT2D eigenvalue weighted by atomic mass is 16.5. The number of imidazole rings is 2. The Labute approximate surface area is 243 Å². The Kier molecular flexibility index (Phi) is 4.33. The van der Waals surface area contributed by atoms with E-state index in [1.807, 2.05) is 73.1 Å². The monoisotopic (exact) mass is 552 g/mol. The quantitative estimate of drug-likeness (QED) is 0.201. The Morgan fingerprint density at radius 1 is 0.419 bits per heavy atom. The summed E-state index contributed by atoms with van der Waals surface area (Å²) in [5, 5.41) is 6.32. The van der Waals surface area contributed by atoms with Crippen molar-refractivity contribution in [3.63, 3.8) is 0 Å². The van der Waals surface area contributed by atoms with E-state index in [0.29, 0.717) is 0 Å². The lowest BCUT2D eigenvalue weighted by atomic mass is 10.1. The van der Waals surface area contributed by atoms with Gasteiger partial charge in [0.1, 0.15) is 34.1 Å². The topological polar surface area (TPSA) is 69.6 Å². The van der Waals surface area contributed by atoms with Gasteiger partial charge in [-0.2, -0.15) is 0 Å². The summed E-state index contributed by atoms with van der Waals surface area (Å²) in [4.78, 5) is 19.5. The van der Waals surface area contributed by atoms with Crippen molar-refractivity contribution in [1.29, 1.82) is 0 Å². The van der Waals surface area contributed by atoms with Crippen LogP contribution in [0.25, 0.3) is 77.0 Å². The molecule has 0 aliphatic rings. The average molecular weight is 553 g/mol. The molecule has 6 heterocycles.